The lowest BCUT2D eigenvalue weighted by Crippen LogP contribution is -2.62. The SMILES string of the molecule is O=C(O)C(Cc1ccccc1)NC1CCC(=O)N2CCCC(C(=O)O)N2C1=O. The largest absolute Gasteiger partial charge is 0.480 e. The number of amides is 2. The van der Waals surface area contributed by atoms with Gasteiger partial charge in [-0.2, -0.15) is 0 Å². The van der Waals surface area contributed by atoms with Gasteiger partial charge in [0.1, 0.15) is 6.04 Å². The van der Waals surface area contributed by atoms with Crippen LogP contribution in [0.3, 0.4) is 0 Å². The van der Waals surface area contributed by atoms with Crippen molar-refractivity contribution < 1.29 is 29.4 Å². The molecule has 0 spiro atoms. The van der Waals surface area contributed by atoms with Crippen molar-refractivity contribution in [2.75, 3.05) is 6.54 Å². The van der Waals surface area contributed by atoms with Gasteiger partial charge in [-0.25, -0.2) is 9.80 Å². The average Bonchev–Trinajstić information content (AvgIpc) is 2.80. The van der Waals surface area contributed by atoms with Crippen LogP contribution in [0.4, 0.5) is 0 Å². The van der Waals surface area contributed by atoms with E-state index in [4.69, 9.17) is 0 Å². The van der Waals surface area contributed by atoms with E-state index in [1.54, 1.807) is 24.3 Å². The molecule has 2 heterocycles. The van der Waals surface area contributed by atoms with Crippen LogP contribution in [0.25, 0.3) is 0 Å². The van der Waals surface area contributed by atoms with E-state index in [9.17, 15) is 29.4 Å². The fourth-order valence-corrected chi connectivity index (χ4v) is 3.72. The van der Waals surface area contributed by atoms with Gasteiger partial charge < -0.3 is 10.2 Å². The maximum atomic E-state index is 13.1. The van der Waals surface area contributed by atoms with Crippen molar-refractivity contribution in [1.29, 1.82) is 0 Å². The molecule has 2 saturated heterocycles. The molecular formula is C19H23N3O6. The lowest BCUT2D eigenvalue weighted by atomic mass is 10.0. The van der Waals surface area contributed by atoms with Crippen LogP contribution in [0.1, 0.15) is 31.2 Å². The lowest BCUT2D eigenvalue weighted by molar-refractivity contribution is -0.181. The number of carbonyl (C=O) groups is 4. The molecule has 0 aromatic heterocycles. The minimum Gasteiger partial charge on any atom is -0.480 e. The highest BCUT2D eigenvalue weighted by atomic mass is 16.4. The quantitative estimate of drug-likeness (QED) is 0.636. The van der Waals surface area contributed by atoms with Crippen LogP contribution in [0.2, 0.25) is 0 Å². The number of hydrogen-bond acceptors (Lipinski definition) is 5. The first-order valence-corrected chi connectivity index (χ1v) is 9.27. The first-order chi connectivity index (χ1) is 13.4. The monoisotopic (exact) mass is 389 g/mol. The minimum atomic E-state index is -1.18. The number of nitrogens with one attached hydrogen (secondary N) is 1. The Bertz CT molecular complexity index is 768. The number of rotatable bonds is 6. The first-order valence-electron chi connectivity index (χ1n) is 9.27. The van der Waals surface area contributed by atoms with Crippen LogP contribution in [-0.2, 0) is 25.6 Å². The molecule has 9 nitrogen and oxygen atoms in total. The van der Waals surface area contributed by atoms with E-state index in [0.717, 1.165) is 10.6 Å². The van der Waals surface area contributed by atoms with Crippen molar-refractivity contribution in [2.45, 2.75) is 50.2 Å². The van der Waals surface area contributed by atoms with Gasteiger partial charge in [-0.3, -0.25) is 24.7 Å². The van der Waals surface area contributed by atoms with Gasteiger partial charge >= 0.3 is 11.9 Å². The van der Waals surface area contributed by atoms with Crippen molar-refractivity contribution >= 4 is 23.8 Å². The van der Waals surface area contributed by atoms with E-state index in [2.05, 4.69) is 5.32 Å². The molecule has 2 fully saturated rings. The van der Waals surface area contributed by atoms with Crippen molar-refractivity contribution in [2.24, 2.45) is 0 Å². The van der Waals surface area contributed by atoms with Crippen LogP contribution in [0.5, 0.6) is 0 Å². The van der Waals surface area contributed by atoms with Gasteiger partial charge in [-0.05, 0) is 31.2 Å². The molecule has 0 bridgehead atoms. The Labute approximate surface area is 161 Å². The predicted molar refractivity (Wildman–Crippen MR) is 96.9 cm³/mol. The minimum absolute atomic E-state index is 0.0456. The third kappa shape index (κ3) is 4.14. The number of fused-ring (bicyclic) bond motifs is 1. The molecule has 1 aromatic carbocycles. The Morgan fingerprint density at radius 3 is 2.50 bits per heavy atom. The molecule has 3 atom stereocenters. The zero-order chi connectivity index (χ0) is 20.3. The molecule has 3 N–H and O–H groups in total. The first kappa shape index (κ1) is 19.8. The topological polar surface area (TPSA) is 127 Å². The molecule has 0 aliphatic carbocycles. The summed E-state index contributed by atoms with van der Waals surface area (Å²) in [7, 11) is 0. The number of hydrogen-bond donors (Lipinski definition) is 3. The van der Waals surface area contributed by atoms with Gasteiger partial charge in [-0.15, -0.1) is 0 Å². The Hall–Kier alpha value is -2.94. The molecular weight excluding hydrogens is 366 g/mol. The third-order valence-corrected chi connectivity index (χ3v) is 5.13. The van der Waals surface area contributed by atoms with Crippen LogP contribution in [0, 0.1) is 0 Å². The van der Waals surface area contributed by atoms with Gasteiger partial charge in [0.2, 0.25) is 5.91 Å². The molecule has 0 radical (unpaired) electrons. The van der Waals surface area contributed by atoms with Crippen molar-refractivity contribution in [3.63, 3.8) is 0 Å². The second-order valence-corrected chi connectivity index (χ2v) is 7.03. The van der Waals surface area contributed by atoms with Crippen molar-refractivity contribution in [3.8, 4) is 0 Å². The van der Waals surface area contributed by atoms with Crippen molar-refractivity contribution in [1.82, 2.24) is 15.3 Å². The van der Waals surface area contributed by atoms with Gasteiger partial charge in [0.15, 0.2) is 6.04 Å². The van der Waals surface area contributed by atoms with Gasteiger partial charge in [0.05, 0.1) is 6.04 Å². The Balaban J connectivity index is 1.82. The molecule has 9 heteroatoms. The molecule has 0 saturated carbocycles. The summed E-state index contributed by atoms with van der Waals surface area (Å²) in [6.07, 6.45) is 1.08. The highest BCUT2D eigenvalue weighted by Crippen LogP contribution is 2.25. The fraction of sp³-hybridized carbons (Fsp3) is 0.474. The van der Waals surface area contributed by atoms with Crippen LogP contribution >= 0.6 is 0 Å². The van der Waals surface area contributed by atoms with Gasteiger partial charge in [-0.1, -0.05) is 30.3 Å². The molecule has 3 unspecified atom stereocenters. The van der Waals surface area contributed by atoms with E-state index in [1.807, 2.05) is 6.07 Å². The Kier molecular flexibility index (Phi) is 5.93. The number of carboxylic acids is 2. The highest BCUT2D eigenvalue weighted by molar-refractivity contribution is 5.92. The smallest absolute Gasteiger partial charge is 0.328 e. The average molecular weight is 389 g/mol. The highest BCUT2D eigenvalue weighted by Gasteiger charge is 2.44. The summed E-state index contributed by atoms with van der Waals surface area (Å²) < 4.78 is 0. The van der Waals surface area contributed by atoms with Crippen LogP contribution in [-0.4, -0.2) is 68.7 Å². The van der Waals surface area contributed by atoms with Crippen LogP contribution < -0.4 is 5.32 Å². The summed E-state index contributed by atoms with van der Waals surface area (Å²) in [5.74, 6) is -3.18. The number of aliphatic carboxylic acids is 2. The van der Waals surface area contributed by atoms with Gasteiger partial charge in [0.25, 0.3) is 5.91 Å². The molecule has 2 aliphatic rings. The molecule has 2 amide bonds. The number of nitrogens with zero attached hydrogens (tertiary/aromatic N) is 2. The number of carboxylic acid groups (broad SMARTS) is 2. The zero-order valence-electron chi connectivity index (χ0n) is 15.3. The molecule has 2 aliphatic heterocycles. The van der Waals surface area contributed by atoms with E-state index in [1.165, 1.54) is 5.01 Å². The lowest BCUT2D eigenvalue weighted by Gasteiger charge is -2.42. The molecule has 28 heavy (non-hydrogen) atoms. The number of benzene rings is 1. The van der Waals surface area contributed by atoms with E-state index < -0.39 is 36.0 Å². The Morgan fingerprint density at radius 2 is 1.86 bits per heavy atom. The zero-order valence-corrected chi connectivity index (χ0v) is 15.3. The number of carbonyl (C=O) groups excluding carboxylic acids is 2. The van der Waals surface area contributed by atoms with Gasteiger partial charge in [0, 0.05) is 13.0 Å². The maximum Gasteiger partial charge on any atom is 0.328 e. The second-order valence-electron chi connectivity index (χ2n) is 7.03. The summed E-state index contributed by atoms with van der Waals surface area (Å²) >= 11 is 0. The van der Waals surface area contributed by atoms with Crippen molar-refractivity contribution in [3.05, 3.63) is 35.9 Å². The van der Waals surface area contributed by atoms with Crippen LogP contribution in [0.15, 0.2) is 30.3 Å². The molecule has 3 rings (SSSR count). The summed E-state index contributed by atoms with van der Waals surface area (Å²) in [6, 6.07) is 5.91. The summed E-state index contributed by atoms with van der Waals surface area (Å²) in [4.78, 5) is 48.8. The molecule has 150 valence electrons. The van der Waals surface area contributed by atoms with E-state index in [0.29, 0.717) is 6.42 Å². The fourth-order valence-electron chi connectivity index (χ4n) is 3.72. The summed E-state index contributed by atoms with van der Waals surface area (Å²) in [6.45, 7) is 0.285. The summed E-state index contributed by atoms with van der Waals surface area (Å²) in [5, 5.41) is 24.1. The van der Waals surface area contributed by atoms with E-state index in [-0.39, 0.29) is 38.1 Å². The Morgan fingerprint density at radius 1 is 1.14 bits per heavy atom. The summed E-state index contributed by atoms with van der Waals surface area (Å²) in [5.41, 5.74) is 0.794. The molecule has 1 aromatic rings. The number of hydrazine groups is 1. The predicted octanol–water partition coefficient (Wildman–Crippen LogP) is 0.254. The maximum absolute atomic E-state index is 13.1. The van der Waals surface area contributed by atoms with E-state index >= 15 is 0 Å². The third-order valence-electron chi connectivity index (χ3n) is 5.13. The standard InChI is InChI=1S/C19H23N3O6/c23-16-9-8-13(17(24)22-15(19(27)28)7-4-10-21(16)22)20-14(18(25)26)11-12-5-2-1-3-6-12/h1-3,5-6,13-15,20H,4,7-11H2,(H,25,26)(H,27,28). The normalized spacial score (nSPS) is 23.7. The second kappa shape index (κ2) is 8.39.